The monoisotopic (exact) mass is 287 g/mol. The number of aromatic amines is 1. The molecule has 3 aromatic rings. The molecule has 0 fully saturated rings. The van der Waals surface area contributed by atoms with E-state index in [2.05, 4.69) is 9.97 Å². The van der Waals surface area contributed by atoms with Gasteiger partial charge >= 0.3 is 5.69 Å². The molecule has 0 amide bonds. The van der Waals surface area contributed by atoms with Gasteiger partial charge in [-0.3, -0.25) is 10.1 Å². The molecule has 0 spiro atoms. The van der Waals surface area contributed by atoms with E-state index in [1.807, 2.05) is 6.07 Å². The van der Waals surface area contributed by atoms with Crippen LogP contribution in [0, 0.1) is 15.9 Å². The summed E-state index contributed by atoms with van der Waals surface area (Å²) in [5.74, 6) is -0.534. The van der Waals surface area contributed by atoms with Gasteiger partial charge in [-0.2, -0.15) is 0 Å². The molecule has 21 heavy (non-hydrogen) atoms. The van der Waals surface area contributed by atoms with Gasteiger partial charge in [0.2, 0.25) is 0 Å². The molecule has 0 aliphatic heterocycles. The van der Waals surface area contributed by atoms with E-state index in [0.29, 0.717) is 5.52 Å². The number of ether oxygens (including phenoxy) is 1. The van der Waals surface area contributed by atoms with E-state index in [9.17, 15) is 14.5 Å². The molecule has 0 unspecified atom stereocenters. The number of fused-ring (bicyclic) bond motifs is 1. The first-order valence-electron chi connectivity index (χ1n) is 6.07. The van der Waals surface area contributed by atoms with Crippen LogP contribution in [0.15, 0.2) is 36.4 Å². The number of halogens is 1. The summed E-state index contributed by atoms with van der Waals surface area (Å²) >= 11 is 0. The number of benzene rings is 2. The molecule has 0 saturated carbocycles. The first-order chi connectivity index (χ1) is 10.1. The maximum atomic E-state index is 14.1. The Hall–Kier alpha value is -2.96. The van der Waals surface area contributed by atoms with Gasteiger partial charge in [0, 0.05) is 12.1 Å². The summed E-state index contributed by atoms with van der Waals surface area (Å²) in [6.45, 7) is 0. The lowest BCUT2D eigenvalue weighted by atomic mass is 10.1. The fourth-order valence-electron chi connectivity index (χ4n) is 2.11. The lowest BCUT2D eigenvalue weighted by molar-refractivity contribution is -0.385. The van der Waals surface area contributed by atoms with Crippen molar-refractivity contribution in [1.82, 2.24) is 9.97 Å². The van der Waals surface area contributed by atoms with Gasteiger partial charge in [-0.05, 0) is 12.1 Å². The zero-order chi connectivity index (χ0) is 15.0. The Kier molecular flexibility index (Phi) is 3.02. The Morgan fingerprint density at radius 2 is 2.10 bits per heavy atom. The van der Waals surface area contributed by atoms with Crippen molar-refractivity contribution in [3.05, 3.63) is 52.3 Å². The van der Waals surface area contributed by atoms with Gasteiger partial charge in [0.25, 0.3) is 0 Å². The molecule has 0 aliphatic carbocycles. The predicted molar refractivity (Wildman–Crippen MR) is 74.7 cm³/mol. The summed E-state index contributed by atoms with van der Waals surface area (Å²) in [7, 11) is 1.25. The van der Waals surface area contributed by atoms with Crippen molar-refractivity contribution in [2.75, 3.05) is 7.11 Å². The largest absolute Gasteiger partial charge is 0.490 e. The summed E-state index contributed by atoms with van der Waals surface area (Å²) in [5, 5.41) is 11.0. The molecule has 1 heterocycles. The minimum atomic E-state index is -0.642. The van der Waals surface area contributed by atoms with Crippen molar-refractivity contribution in [3.8, 4) is 17.1 Å². The third kappa shape index (κ3) is 2.18. The number of hydrogen-bond acceptors (Lipinski definition) is 4. The lowest BCUT2D eigenvalue weighted by Gasteiger charge is -2.04. The number of nitro benzene ring substituents is 1. The average molecular weight is 287 g/mol. The molecule has 106 valence electrons. The van der Waals surface area contributed by atoms with E-state index in [1.54, 1.807) is 18.2 Å². The van der Waals surface area contributed by atoms with Gasteiger partial charge in [0.15, 0.2) is 5.75 Å². The van der Waals surface area contributed by atoms with Crippen LogP contribution in [-0.4, -0.2) is 22.0 Å². The van der Waals surface area contributed by atoms with E-state index in [1.165, 1.54) is 7.11 Å². The van der Waals surface area contributed by atoms with Gasteiger partial charge in [0.1, 0.15) is 11.6 Å². The van der Waals surface area contributed by atoms with Crippen molar-refractivity contribution in [2.24, 2.45) is 0 Å². The summed E-state index contributed by atoms with van der Waals surface area (Å²) in [6.07, 6.45) is 0. The highest BCUT2D eigenvalue weighted by molar-refractivity contribution is 5.80. The summed E-state index contributed by atoms with van der Waals surface area (Å²) in [5.41, 5.74) is 1.10. The van der Waals surface area contributed by atoms with Crippen LogP contribution < -0.4 is 4.74 Å². The van der Waals surface area contributed by atoms with E-state index in [-0.39, 0.29) is 22.8 Å². The normalized spacial score (nSPS) is 10.8. The summed E-state index contributed by atoms with van der Waals surface area (Å²) in [4.78, 5) is 17.6. The van der Waals surface area contributed by atoms with Crippen molar-refractivity contribution in [2.45, 2.75) is 0 Å². The number of imidazole rings is 1. The predicted octanol–water partition coefficient (Wildman–Crippen LogP) is 3.29. The molecule has 0 bridgehead atoms. The number of H-pyrrole nitrogens is 1. The van der Waals surface area contributed by atoms with Gasteiger partial charge in [-0.15, -0.1) is 0 Å². The molecule has 0 radical (unpaired) electrons. The molecule has 6 nitrogen and oxygen atoms in total. The second-order valence-corrected chi connectivity index (χ2v) is 4.36. The van der Waals surface area contributed by atoms with Gasteiger partial charge in [0.05, 0.1) is 28.6 Å². The van der Waals surface area contributed by atoms with E-state index in [0.717, 1.165) is 17.6 Å². The molecular weight excluding hydrogens is 277 g/mol. The molecule has 1 N–H and O–H groups in total. The topological polar surface area (TPSA) is 81.0 Å². The number of nitro groups is 1. The highest BCUT2D eigenvalue weighted by Crippen LogP contribution is 2.34. The Bertz CT molecular complexity index is 812. The van der Waals surface area contributed by atoms with Crippen LogP contribution in [0.1, 0.15) is 0 Å². The summed E-state index contributed by atoms with van der Waals surface area (Å²) < 4.78 is 19.0. The minimum absolute atomic E-state index is 0.0266. The first kappa shape index (κ1) is 13.0. The van der Waals surface area contributed by atoms with Crippen LogP contribution in [0.4, 0.5) is 10.1 Å². The van der Waals surface area contributed by atoms with E-state index in [4.69, 9.17) is 4.74 Å². The second kappa shape index (κ2) is 4.86. The standard InChI is InChI=1S/C14H10FN3O3/c1-21-13-7-9(15)8(6-12(13)18(19)20)14-16-10-4-2-3-5-11(10)17-14/h2-7H,1H3,(H,16,17). The number of para-hydroxylation sites is 2. The van der Waals surface area contributed by atoms with Gasteiger partial charge < -0.3 is 9.72 Å². The minimum Gasteiger partial charge on any atom is -0.490 e. The van der Waals surface area contributed by atoms with Crippen molar-refractivity contribution in [1.29, 1.82) is 0 Å². The van der Waals surface area contributed by atoms with Crippen LogP contribution in [0.3, 0.4) is 0 Å². The zero-order valence-electron chi connectivity index (χ0n) is 11.0. The van der Waals surface area contributed by atoms with Gasteiger partial charge in [-0.25, -0.2) is 9.37 Å². The number of nitrogens with one attached hydrogen (secondary N) is 1. The highest BCUT2D eigenvalue weighted by Gasteiger charge is 2.21. The third-order valence-corrected chi connectivity index (χ3v) is 3.11. The first-order valence-corrected chi connectivity index (χ1v) is 6.07. The second-order valence-electron chi connectivity index (χ2n) is 4.36. The SMILES string of the molecule is COc1cc(F)c(-c2nc3ccccc3[nH]2)cc1[N+](=O)[O-]. The Labute approximate surface area is 118 Å². The van der Waals surface area contributed by atoms with E-state index >= 15 is 0 Å². The molecule has 0 atom stereocenters. The molecule has 3 rings (SSSR count). The van der Waals surface area contributed by atoms with Crippen LogP contribution >= 0.6 is 0 Å². The quantitative estimate of drug-likeness (QED) is 0.592. The maximum absolute atomic E-state index is 14.1. The molecular formula is C14H10FN3O3. The Balaban J connectivity index is 2.21. The number of methoxy groups -OCH3 is 1. The molecule has 0 aliphatic rings. The number of hydrogen-bond donors (Lipinski definition) is 1. The molecule has 7 heteroatoms. The van der Waals surface area contributed by atoms with Crippen molar-refractivity contribution >= 4 is 16.7 Å². The number of nitrogens with zero attached hydrogens (tertiary/aromatic N) is 2. The van der Waals surface area contributed by atoms with Gasteiger partial charge in [-0.1, -0.05) is 12.1 Å². The van der Waals surface area contributed by atoms with Crippen molar-refractivity contribution in [3.63, 3.8) is 0 Å². The highest BCUT2D eigenvalue weighted by atomic mass is 19.1. The fraction of sp³-hybridized carbons (Fsp3) is 0.0714. The van der Waals surface area contributed by atoms with Crippen LogP contribution in [0.5, 0.6) is 5.75 Å². The van der Waals surface area contributed by atoms with Crippen LogP contribution in [0.2, 0.25) is 0 Å². The number of rotatable bonds is 3. The smallest absolute Gasteiger partial charge is 0.311 e. The summed E-state index contributed by atoms with van der Waals surface area (Å²) in [6, 6.07) is 9.29. The maximum Gasteiger partial charge on any atom is 0.311 e. The molecule has 0 saturated heterocycles. The van der Waals surface area contributed by atoms with Crippen molar-refractivity contribution < 1.29 is 14.1 Å². The molecule has 1 aromatic heterocycles. The average Bonchev–Trinajstić information content (AvgIpc) is 2.90. The third-order valence-electron chi connectivity index (χ3n) is 3.11. The molecule has 2 aromatic carbocycles. The van der Waals surface area contributed by atoms with E-state index < -0.39 is 10.7 Å². The van der Waals surface area contributed by atoms with Crippen LogP contribution in [-0.2, 0) is 0 Å². The Morgan fingerprint density at radius 3 is 2.76 bits per heavy atom. The van der Waals surface area contributed by atoms with Crippen LogP contribution in [0.25, 0.3) is 22.4 Å². The fourth-order valence-corrected chi connectivity index (χ4v) is 2.11. The lowest BCUT2D eigenvalue weighted by Crippen LogP contribution is -1.97. The number of aromatic nitrogens is 2. The zero-order valence-corrected chi connectivity index (χ0v) is 11.0. The Morgan fingerprint density at radius 1 is 1.33 bits per heavy atom.